The van der Waals surface area contributed by atoms with Crippen LogP contribution in [0.3, 0.4) is 0 Å². The van der Waals surface area contributed by atoms with Crippen LogP contribution in [-0.4, -0.2) is 30.3 Å². The maximum atomic E-state index is 11.9. The van der Waals surface area contributed by atoms with Crippen LogP contribution in [0.1, 0.15) is 28.8 Å². The molecule has 1 saturated heterocycles. The van der Waals surface area contributed by atoms with Crippen LogP contribution in [0.15, 0.2) is 24.3 Å². The first-order chi connectivity index (χ1) is 7.25. The van der Waals surface area contributed by atoms with Crippen LogP contribution in [0.5, 0.6) is 0 Å². The Labute approximate surface area is 90.9 Å². The van der Waals surface area contributed by atoms with Gasteiger partial charge in [-0.15, -0.1) is 0 Å². The molecule has 1 fully saturated rings. The van der Waals surface area contributed by atoms with Crippen LogP contribution in [-0.2, 0) is 0 Å². The highest BCUT2D eigenvalue weighted by atomic mass is 16.1. The molecule has 0 unspecified atom stereocenters. The summed E-state index contributed by atoms with van der Waals surface area (Å²) >= 11 is 0. The first-order valence-electron chi connectivity index (χ1n) is 5.58. The lowest BCUT2D eigenvalue weighted by molar-refractivity contribution is 0.0945. The van der Waals surface area contributed by atoms with E-state index >= 15 is 0 Å². The maximum absolute atomic E-state index is 11.9. The van der Waals surface area contributed by atoms with Gasteiger partial charge in [-0.1, -0.05) is 29.8 Å². The van der Waals surface area contributed by atoms with Gasteiger partial charge in [0.1, 0.15) is 0 Å². The molecule has 0 saturated carbocycles. The smallest absolute Gasteiger partial charge is 0.176 e. The first-order valence-corrected chi connectivity index (χ1v) is 5.58. The van der Waals surface area contributed by atoms with E-state index in [1.54, 1.807) is 0 Å². The average molecular weight is 203 g/mol. The highest BCUT2D eigenvalue weighted by molar-refractivity contribution is 5.97. The van der Waals surface area contributed by atoms with Gasteiger partial charge in [-0.25, -0.2) is 0 Å². The summed E-state index contributed by atoms with van der Waals surface area (Å²) in [6.45, 7) is 4.78. The van der Waals surface area contributed by atoms with Gasteiger partial charge in [0.05, 0.1) is 6.54 Å². The van der Waals surface area contributed by atoms with Crippen LogP contribution < -0.4 is 0 Å². The van der Waals surface area contributed by atoms with Crippen molar-refractivity contribution in [3.05, 3.63) is 35.4 Å². The maximum Gasteiger partial charge on any atom is 0.176 e. The summed E-state index contributed by atoms with van der Waals surface area (Å²) in [4.78, 5) is 14.1. The first kappa shape index (κ1) is 10.4. The van der Waals surface area contributed by atoms with Crippen LogP contribution in [0.4, 0.5) is 0 Å². The molecule has 80 valence electrons. The lowest BCUT2D eigenvalue weighted by atomic mass is 10.1. The summed E-state index contributed by atoms with van der Waals surface area (Å²) in [5.41, 5.74) is 2.04. The molecule has 0 spiro atoms. The largest absolute Gasteiger partial charge is 0.296 e. The summed E-state index contributed by atoms with van der Waals surface area (Å²) in [5, 5.41) is 0. The van der Waals surface area contributed by atoms with Crippen molar-refractivity contribution in [3.8, 4) is 0 Å². The van der Waals surface area contributed by atoms with Crippen molar-refractivity contribution in [2.24, 2.45) is 0 Å². The summed E-state index contributed by atoms with van der Waals surface area (Å²) in [6.07, 6.45) is 2.47. The molecule has 0 N–H and O–H groups in total. The molecule has 0 atom stereocenters. The number of carbonyl (C=O) groups is 1. The Morgan fingerprint density at radius 1 is 1.20 bits per heavy atom. The summed E-state index contributed by atoms with van der Waals surface area (Å²) < 4.78 is 0. The molecular formula is C13H17NO. The van der Waals surface area contributed by atoms with Gasteiger partial charge in [0.15, 0.2) is 5.78 Å². The van der Waals surface area contributed by atoms with Gasteiger partial charge in [-0.3, -0.25) is 9.69 Å². The Hall–Kier alpha value is -1.15. The topological polar surface area (TPSA) is 20.3 Å². The summed E-state index contributed by atoms with van der Waals surface area (Å²) in [7, 11) is 0. The normalized spacial score (nSPS) is 16.9. The van der Waals surface area contributed by atoms with Gasteiger partial charge >= 0.3 is 0 Å². The minimum atomic E-state index is 0.247. The van der Waals surface area contributed by atoms with Gasteiger partial charge in [0, 0.05) is 5.56 Å². The Balaban J connectivity index is 1.98. The standard InChI is InChI=1S/C13H17NO/c1-11-4-6-12(7-5-11)13(15)10-14-8-2-3-9-14/h4-7H,2-3,8-10H2,1H3. The van der Waals surface area contributed by atoms with E-state index in [9.17, 15) is 4.79 Å². The van der Waals surface area contributed by atoms with Crippen molar-refractivity contribution in [1.29, 1.82) is 0 Å². The second-order valence-electron chi connectivity index (χ2n) is 4.27. The molecule has 2 nitrogen and oxygen atoms in total. The number of rotatable bonds is 3. The van der Waals surface area contributed by atoms with Gasteiger partial charge in [-0.2, -0.15) is 0 Å². The van der Waals surface area contributed by atoms with E-state index < -0.39 is 0 Å². The number of benzene rings is 1. The third kappa shape index (κ3) is 2.66. The molecule has 1 aromatic carbocycles. The number of likely N-dealkylation sites (tertiary alicyclic amines) is 1. The zero-order valence-electron chi connectivity index (χ0n) is 9.20. The lowest BCUT2D eigenvalue weighted by Gasteiger charge is -2.13. The molecule has 2 heteroatoms. The molecule has 0 aliphatic carbocycles. The third-order valence-corrected chi connectivity index (χ3v) is 2.94. The monoisotopic (exact) mass is 203 g/mol. The van der Waals surface area contributed by atoms with E-state index in [0.717, 1.165) is 18.7 Å². The minimum Gasteiger partial charge on any atom is -0.296 e. The van der Waals surface area contributed by atoms with Crippen LogP contribution >= 0.6 is 0 Å². The molecule has 0 radical (unpaired) electrons. The van der Waals surface area contributed by atoms with Gasteiger partial charge in [0.2, 0.25) is 0 Å². The summed E-state index contributed by atoms with van der Waals surface area (Å²) in [5.74, 6) is 0.247. The number of nitrogens with zero attached hydrogens (tertiary/aromatic N) is 1. The highest BCUT2D eigenvalue weighted by Crippen LogP contribution is 2.10. The SMILES string of the molecule is Cc1ccc(C(=O)CN2CCCC2)cc1. The Morgan fingerprint density at radius 2 is 1.80 bits per heavy atom. The number of ketones is 1. The van der Waals surface area contributed by atoms with Crippen molar-refractivity contribution in [3.63, 3.8) is 0 Å². The van der Waals surface area contributed by atoms with E-state index in [2.05, 4.69) is 4.90 Å². The summed E-state index contributed by atoms with van der Waals surface area (Å²) in [6, 6.07) is 7.84. The molecule has 1 aromatic rings. The predicted molar refractivity (Wildman–Crippen MR) is 61.2 cm³/mol. The molecule has 0 bridgehead atoms. The van der Waals surface area contributed by atoms with Crippen molar-refractivity contribution in [2.45, 2.75) is 19.8 Å². The second-order valence-corrected chi connectivity index (χ2v) is 4.27. The molecule has 0 aromatic heterocycles. The second kappa shape index (κ2) is 4.58. The van der Waals surface area contributed by atoms with Crippen LogP contribution in [0, 0.1) is 6.92 Å². The van der Waals surface area contributed by atoms with E-state index in [-0.39, 0.29) is 5.78 Å². The fourth-order valence-electron chi connectivity index (χ4n) is 1.97. The molecular weight excluding hydrogens is 186 g/mol. The number of carbonyl (C=O) groups excluding carboxylic acids is 1. The quantitative estimate of drug-likeness (QED) is 0.702. The molecule has 1 aliphatic rings. The average Bonchev–Trinajstić information content (AvgIpc) is 2.71. The van der Waals surface area contributed by atoms with Crippen LogP contribution in [0.25, 0.3) is 0 Å². The fraction of sp³-hybridized carbons (Fsp3) is 0.462. The van der Waals surface area contributed by atoms with E-state index in [4.69, 9.17) is 0 Å². The number of hydrogen-bond donors (Lipinski definition) is 0. The van der Waals surface area contributed by atoms with Crippen molar-refractivity contribution >= 4 is 5.78 Å². The lowest BCUT2D eigenvalue weighted by Crippen LogP contribution is -2.26. The fourth-order valence-corrected chi connectivity index (χ4v) is 1.97. The van der Waals surface area contributed by atoms with E-state index in [1.807, 2.05) is 31.2 Å². The number of aryl methyl sites for hydroxylation is 1. The van der Waals surface area contributed by atoms with Crippen molar-refractivity contribution in [2.75, 3.05) is 19.6 Å². The Kier molecular flexibility index (Phi) is 3.17. The Morgan fingerprint density at radius 3 is 2.40 bits per heavy atom. The number of Topliss-reactive ketones (excluding diaryl/α,β-unsaturated/α-hetero) is 1. The predicted octanol–water partition coefficient (Wildman–Crippen LogP) is 2.27. The molecule has 15 heavy (non-hydrogen) atoms. The third-order valence-electron chi connectivity index (χ3n) is 2.94. The highest BCUT2D eigenvalue weighted by Gasteiger charge is 2.15. The van der Waals surface area contributed by atoms with E-state index in [1.165, 1.54) is 18.4 Å². The molecule has 0 amide bonds. The molecule has 1 heterocycles. The van der Waals surface area contributed by atoms with E-state index in [0.29, 0.717) is 6.54 Å². The minimum absolute atomic E-state index is 0.247. The van der Waals surface area contributed by atoms with Crippen LogP contribution in [0.2, 0.25) is 0 Å². The van der Waals surface area contributed by atoms with Crippen molar-refractivity contribution < 1.29 is 4.79 Å². The van der Waals surface area contributed by atoms with Crippen molar-refractivity contribution in [1.82, 2.24) is 4.90 Å². The zero-order chi connectivity index (χ0) is 10.7. The Bertz CT molecular complexity index is 336. The van der Waals surface area contributed by atoms with Gasteiger partial charge in [-0.05, 0) is 32.9 Å². The van der Waals surface area contributed by atoms with Gasteiger partial charge < -0.3 is 0 Å². The molecule has 2 rings (SSSR count). The zero-order valence-corrected chi connectivity index (χ0v) is 9.20. The number of hydrogen-bond acceptors (Lipinski definition) is 2. The van der Waals surface area contributed by atoms with Gasteiger partial charge in [0.25, 0.3) is 0 Å². The molecule has 1 aliphatic heterocycles.